The number of halogens is 2. The second-order valence-electron chi connectivity index (χ2n) is 3.49. The Hall–Kier alpha value is -1.69. The maximum absolute atomic E-state index is 12.1. The van der Waals surface area contributed by atoms with Crippen LogP contribution in [0, 0.1) is 0 Å². The highest BCUT2D eigenvalue weighted by molar-refractivity contribution is 5.77. The Balaban J connectivity index is 3.17. The van der Waals surface area contributed by atoms with Crippen LogP contribution in [0.25, 0.3) is 0 Å². The van der Waals surface area contributed by atoms with Crippen LogP contribution in [-0.4, -0.2) is 12.6 Å². The van der Waals surface area contributed by atoms with Gasteiger partial charge in [0.15, 0.2) is 5.54 Å². The zero-order chi connectivity index (χ0) is 12.3. The minimum Gasteiger partial charge on any atom is -0.543 e. The van der Waals surface area contributed by atoms with E-state index in [1.807, 2.05) is 0 Å². The third-order valence-corrected chi connectivity index (χ3v) is 2.15. The van der Waals surface area contributed by atoms with E-state index in [-0.39, 0.29) is 11.3 Å². The Bertz CT molecular complexity index is 393. The van der Waals surface area contributed by atoms with Crippen LogP contribution in [-0.2, 0) is 10.3 Å². The van der Waals surface area contributed by atoms with Gasteiger partial charge in [0, 0.05) is 6.92 Å². The van der Waals surface area contributed by atoms with Crippen LogP contribution in [0.2, 0.25) is 0 Å². The van der Waals surface area contributed by atoms with Gasteiger partial charge in [-0.25, -0.2) is 0 Å². The molecule has 0 aromatic heterocycles. The monoisotopic (exact) mass is 231 g/mol. The minimum atomic E-state index is -3.02. The van der Waals surface area contributed by atoms with Gasteiger partial charge in [-0.2, -0.15) is 8.78 Å². The lowest BCUT2D eigenvalue weighted by Crippen LogP contribution is -2.75. The summed E-state index contributed by atoms with van der Waals surface area (Å²) in [5.41, 5.74) is 1.84. The van der Waals surface area contributed by atoms with Crippen molar-refractivity contribution in [3.05, 3.63) is 29.8 Å². The summed E-state index contributed by atoms with van der Waals surface area (Å²) in [7, 11) is 0. The van der Waals surface area contributed by atoms with E-state index >= 15 is 0 Å². The number of hydrogen-bond acceptors (Lipinski definition) is 3. The van der Waals surface area contributed by atoms with Crippen molar-refractivity contribution in [1.29, 1.82) is 0 Å². The predicted molar refractivity (Wildman–Crippen MR) is 48.3 cm³/mol. The molecule has 0 fully saturated rings. The topological polar surface area (TPSA) is 77.0 Å². The summed E-state index contributed by atoms with van der Waals surface area (Å²) < 4.78 is 28.4. The second kappa shape index (κ2) is 4.44. The lowest BCUT2D eigenvalue weighted by Gasteiger charge is -2.24. The van der Waals surface area contributed by atoms with Gasteiger partial charge in [0.2, 0.25) is 0 Å². The first-order valence-electron chi connectivity index (χ1n) is 4.47. The highest BCUT2D eigenvalue weighted by atomic mass is 19.3. The molecule has 88 valence electrons. The number of carbonyl (C=O) groups excluding carboxylic acids is 1. The van der Waals surface area contributed by atoms with Crippen LogP contribution >= 0.6 is 0 Å². The van der Waals surface area contributed by atoms with E-state index in [9.17, 15) is 18.7 Å². The third-order valence-electron chi connectivity index (χ3n) is 2.15. The van der Waals surface area contributed by atoms with Gasteiger partial charge >= 0.3 is 6.61 Å². The fourth-order valence-electron chi connectivity index (χ4n) is 1.23. The molecule has 0 aliphatic rings. The van der Waals surface area contributed by atoms with Crippen molar-refractivity contribution in [2.24, 2.45) is 0 Å². The van der Waals surface area contributed by atoms with Crippen LogP contribution < -0.4 is 15.6 Å². The van der Waals surface area contributed by atoms with Gasteiger partial charge in [0.1, 0.15) is 11.7 Å². The molecule has 0 bridgehead atoms. The van der Waals surface area contributed by atoms with Crippen molar-refractivity contribution in [3.8, 4) is 5.75 Å². The number of benzene rings is 1. The van der Waals surface area contributed by atoms with Crippen LogP contribution in [0.5, 0.6) is 5.75 Å². The molecule has 4 nitrogen and oxygen atoms in total. The van der Waals surface area contributed by atoms with Crippen molar-refractivity contribution >= 4 is 5.97 Å². The molecule has 16 heavy (non-hydrogen) atoms. The van der Waals surface area contributed by atoms with Crippen molar-refractivity contribution < 1.29 is 29.2 Å². The number of ether oxygens (including phenoxy) is 1. The second-order valence-corrected chi connectivity index (χ2v) is 3.49. The molecule has 0 spiro atoms. The molecule has 1 rings (SSSR count). The van der Waals surface area contributed by atoms with Crippen LogP contribution in [0.3, 0.4) is 0 Å². The maximum atomic E-state index is 12.1. The maximum Gasteiger partial charge on any atom is 0.387 e. The van der Waals surface area contributed by atoms with Crippen molar-refractivity contribution in [3.63, 3.8) is 0 Å². The zero-order valence-electron chi connectivity index (χ0n) is 8.57. The van der Waals surface area contributed by atoms with E-state index in [0.717, 1.165) is 0 Å². The van der Waals surface area contributed by atoms with E-state index in [0.29, 0.717) is 0 Å². The number of carbonyl (C=O) groups is 1. The molecular weight excluding hydrogens is 220 g/mol. The SMILES string of the molecule is C[C@]([NH3+])(C(=O)[O-])c1ccccc1OC(F)F. The number of quaternary nitrogens is 1. The first-order valence-corrected chi connectivity index (χ1v) is 4.47. The summed E-state index contributed by atoms with van der Waals surface area (Å²) in [6.07, 6.45) is 0. The molecule has 1 aromatic carbocycles. The smallest absolute Gasteiger partial charge is 0.387 e. The number of hydrogen-bond donors (Lipinski definition) is 1. The Morgan fingerprint density at radius 2 is 2.06 bits per heavy atom. The van der Waals surface area contributed by atoms with Crippen LogP contribution in [0.15, 0.2) is 24.3 Å². The Morgan fingerprint density at radius 1 is 1.50 bits per heavy atom. The highest BCUT2D eigenvalue weighted by Gasteiger charge is 2.31. The molecule has 0 aliphatic carbocycles. The van der Waals surface area contributed by atoms with Gasteiger partial charge in [-0.05, 0) is 12.1 Å². The fourth-order valence-corrected chi connectivity index (χ4v) is 1.23. The van der Waals surface area contributed by atoms with E-state index in [1.54, 1.807) is 0 Å². The first kappa shape index (κ1) is 12.4. The van der Waals surface area contributed by atoms with Gasteiger partial charge in [0.25, 0.3) is 0 Å². The van der Waals surface area contributed by atoms with Crippen molar-refractivity contribution in [2.45, 2.75) is 19.1 Å². The number of alkyl halides is 2. The highest BCUT2D eigenvalue weighted by Crippen LogP contribution is 2.27. The molecule has 0 saturated heterocycles. The molecule has 0 unspecified atom stereocenters. The Labute approximate surface area is 90.6 Å². The molecule has 0 radical (unpaired) electrons. The van der Waals surface area contributed by atoms with Gasteiger partial charge in [-0.3, -0.25) is 0 Å². The molecule has 0 aliphatic heterocycles. The van der Waals surface area contributed by atoms with E-state index in [2.05, 4.69) is 10.5 Å². The summed E-state index contributed by atoms with van der Waals surface area (Å²) in [5.74, 6) is -1.67. The number of carboxylic acids is 1. The molecule has 1 aromatic rings. The van der Waals surface area contributed by atoms with Crippen molar-refractivity contribution in [1.82, 2.24) is 0 Å². The minimum absolute atomic E-state index is 0.0512. The van der Waals surface area contributed by atoms with E-state index < -0.39 is 18.1 Å². The number of carboxylic acid groups (broad SMARTS) is 1. The lowest BCUT2D eigenvalue weighted by molar-refractivity contribution is -0.489. The third kappa shape index (κ3) is 2.46. The molecule has 3 N–H and O–H groups in total. The standard InChI is InChI=1S/C10H11F2NO3/c1-10(13,8(14)15)6-4-2-3-5-7(6)16-9(11)12/h2-5,9H,13H2,1H3,(H,14,15)/t10-/m1/s1. The normalized spacial score (nSPS) is 14.6. The fraction of sp³-hybridized carbons (Fsp3) is 0.300. The number of rotatable bonds is 4. The Morgan fingerprint density at radius 3 is 2.56 bits per heavy atom. The van der Waals surface area contributed by atoms with Gasteiger partial charge in [0.05, 0.1) is 5.56 Å². The molecular formula is C10H11F2NO3. The quantitative estimate of drug-likeness (QED) is 0.758. The Kier molecular flexibility index (Phi) is 3.44. The van der Waals surface area contributed by atoms with Gasteiger partial charge in [-0.1, -0.05) is 12.1 Å². The zero-order valence-corrected chi connectivity index (χ0v) is 8.57. The summed E-state index contributed by atoms with van der Waals surface area (Å²) in [4.78, 5) is 10.8. The molecule has 0 amide bonds. The summed E-state index contributed by atoms with van der Waals surface area (Å²) in [5, 5.41) is 10.8. The average Bonchev–Trinajstić information content (AvgIpc) is 2.17. The summed E-state index contributed by atoms with van der Waals surface area (Å²) in [6.45, 7) is -1.76. The van der Waals surface area contributed by atoms with E-state index in [1.165, 1.54) is 31.2 Å². The molecule has 1 atom stereocenters. The molecule has 0 heterocycles. The largest absolute Gasteiger partial charge is 0.543 e. The average molecular weight is 231 g/mol. The van der Waals surface area contributed by atoms with Crippen molar-refractivity contribution in [2.75, 3.05) is 0 Å². The van der Waals surface area contributed by atoms with Gasteiger partial charge < -0.3 is 20.4 Å². The van der Waals surface area contributed by atoms with Crippen LogP contribution in [0.1, 0.15) is 12.5 Å². The summed E-state index contributed by atoms with van der Waals surface area (Å²) in [6, 6.07) is 5.60. The predicted octanol–water partition coefficient (Wildman–Crippen LogP) is -0.505. The molecule has 0 saturated carbocycles. The lowest BCUT2D eigenvalue weighted by atomic mass is 9.92. The number of para-hydroxylation sites is 1. The molecule has 6 heteroatoms. The first-order chi connectivity index (χ1) is 7.35. The van der Waals surface area contributed by atoms with E-state index in [4.69, 9.17) is 0 Å². The van der Waals surface area contributed by atoms with Crippen LogP contribution in [0.4, 0.5) is 8.78 Å². The number of aliphatic carboxylic acids is 1. The van der Waals surface area contributed by atoms with Gasteiger partial charge in [-0.15, -0.1) is 0 Å². The summed E-state index contributed by atoms with van der Waals surface area (Å²) >= 11 is 0.